The Morgan fingerprint density at radius 3 is 2.38 bits per heavy atom. The van der Waals surface area contributed by atoms with Crippen LogP contribution in [0.1, 0.15) is 11.1 Å². The molecule has 2 rings (SSSR count). The third-order valence-electron chi connectivity index (χ3n) is 3.09. The fraction of sp³-hybridized carbons (Fsp3) is 0.235. The van der Waals surface area contributed by atoms with Gasteiger partial charge in [-0.25, -0.2) is 4.99 Å². The highest BCUT2D eigenvalue weighted by atomic mass is 127. The predicted molar refractivity (Wildman–Crippen MR) is 105 cm³/mol. The van der Waals surface area contributed by atoms with Crippen molar-refractivity contribution in [1.29, 1.82) is 0 Å². The van der Waals surface area contributed by atoms with E-state index in [1.54, 1.807) is 7.11 Å². The molecule has 0 fully saturated rings. The van der Waals surface area contributed by atoms with Gasteiger partial charge in [-0.3, -0.25) is 0 Å². The number of hydrogen-bond acceptors (Lipinski definition) is 3. The molecule has 142 valence electrons. The van der Waals surface area contributed by atoms with Gasteiger partial charge in [0.25, 0.3) is 0 Å². The van der Waals surface area contributed by atoms with E-state index in [-0.39, 0.29) is 35.7 Å². The number of ether oxygens (including phenoxy) is 2. The first-order valence-corrected chi connectivity index (χ1v) is 7.35. The van der Waals surface area contributed by atoms with Crippen molar-refractivity contribution in [2.24, 2.45) is 10.7 Å². The van der Waals surface area contributed by atoms with E-state index in [2.05, 4.69) is 15.0 Å². The molecule has 0 saturated carbocycles. The minimum absolute atomic E-state index is 0. The first-order chi connectivity index (χ1) is 11.9. The Bertz CT molecular complexity index is 722. The largest absolute Gasteiger partial charge is 0.573 e. The number of methoxy groups -OCH3 is 1. The van der Waals surface area contributed by atoms with Crippen molar-refractivity contribution in [2.45, 2.75) is 19.5 Å². The van der Waals surface area contributed by atoms with Crippen LogP contribution in [0.4, 0.5) is 18.9 Å². The molecule has 0 aromatic heterocycles. The highest BCUT2D eigenvalue weighted by Gasteiger charge is 2.30. The quantitative estimate of drug-likeness (QED) is 0.368. The van der Waals surface area contributed by atoms with Crippen molar-refractivity contribution < 1.29 is 22.6 Å². The second-order valence-corrected chi connectivity index (χ2v) is 5.15. The molecule has 3 N–H and O–H groups in total. The number of benzene rings is 2. The number of guanidine groups is 1. The molecular weight excluding hydrogens is 462 g/mol. The maximum Gasteiger partial charge on any atom is 0.573 e. The number of nitrogens with zero attached hydrogens (tertiary/aromatic N) is 1. The maximum atomic E-state index is 12.1. The molecule has 0 heterocycles. The van der Waals surface area contributed by atoms with Crippen LogP contribution in [0.15, 0.2) is 53.5 Å². The number of halogens is 4. The molecule has 0 spiro atoms. The molecule has 2 aromatic rings. The fourth-order valence-corrected chi connectivity index (χ4v) is 2.09. The van der Waals surface area contributed by atoms with E-state index >= 15 is 0 Å². The Morgan fingerprint density at radius 1 is 1.12 bits per heavy atom. The number of anilines is 1. The Hall–Kier alpha value is -2.01. The lowest BCUT2D eigenvalue weighted by molar-refractivity contribution is -0.274. The third kappa shape index (κ3) is 7.91. The second kappa shape index (κ2) is 10.2. The lowest BCUT2D eigenvalue weighted by Crippen LogP contribution is -2.22. The van der Waals surface area contributed by atoms with E-state index in [4.69, 9.17) is 10.5 Å². The summed E-state index contributed by atoms with van der Waals surface area (Å²) < 4.78 is 45.2. The average Bonchev–Trinajstić information content (AvgIpc) is 2.54. The van der Waals surface area contributed by atoms with Gasteiger partial charge in [-0.1, -0.05) is 24.3 Å². The van der Waals surface area contributed by atoms with Gasteiger partial charge in [-0.2, -0.15) is 0 Å². The monoisotopic (exact) mass is 481 g/mol. The van der Waals surface area contributed by atoms with Crippen LogP contribution in [0.2, 0.25) is 0 Å². The topological polar surface area (TPSA) is 68.9 Å². The summed E-state index contributed by atoms with van der Waals surface area (Å²) in [5.41, 5.74) is 8.29. The van der Waals surface area contributed by atoms with Crippen molar-refractivity contribution in [3.8, 4) is 5.75 Å². The maximum absolute atomic E-state index is 12.1. The number of nitrogens with one attached hydrogen (secondary N) is 1. The molecule has 5 nitrogen and oxygen atoms in total. The van der Waals surface area contributed by atoms with Crippen LogP contribution in [0.5, 0.6) is 5.75 Å². The molecular formula is C17H19F3IN3O2. The molecule has 0 unspecified atom stereocenters. The van der Waals surface area contributed by atoms with Gasteiger partial charge in [0.15, 0.2) is 5.96 Å². The van der Waals surface area contributed by atoms with Gasteiger partial charge in [-0.05, 0) is 35.4 Å². The molecule has 2 aromatic carbocycles. The van der Waals surface area contributed by atoms with Crippen LogP contribution < -0.4 is 15.8 Å². The molecule has 0 bridgehead atoms. The summed E-state index contributed by atoms with van der Waals surface area (Å²) in [5.74, 6) is -0.148. The molecule has 0 aliphatic rings. The summed E-state index contributed by atoms with van der Waals surface area (Å²) in [4.78, 5) is 4.20. The smallest absolute Gasteiger partial charge is 0.406 e. The molecule has 0 amide bonds. The van der Waals surface area contributed by atoms with Gasteiger partial charge in [-0.15, -0.1) is 37.1 Å². The summed E-state index contributed by atoms with van der Waals surface area (Å²) in [6.45, 7) is 0.878. The van der Waals surface area contributed by atoms with Gasteiger partial charge < -0.3 is 20.5 Å². The SMILES string of the molecule is COCc1cccc(CN=C(N)Nc2ccc(OC(F)(F)F)cc2)c1.I. The lowest BCUT2D eigenvalue weighted by atomic mass is 10.1. The number of nitrogens with two attached hydrogens (primary N) is 1. The Kier molecular flexibility index (Phi) is 8.66. The molecule has 0 radical (unpaired) electrons. The third-order valence-corrected chi connectivity index (χ3v) is 3.09. The van der Waals surface area contributed by atoms with Crippen LogP contribution in [0.25, 0.3) is 0 Å². The van der Waals surface area contributed by atoms with Crippen molar-refractivity contribution in [3.63, 3.8) is 0 Å². The van der Waals surface area contributed by atoms with Crippen LogP contribution in [0, 0.1) is 0 Å². The highest BCUT2D eigenvalue weighted by Crippen LogP contribution is 2.23. The van der Waals surface area contributed by atoms with Crippen LogP contribution in [-0.2, 0) is 17.9 Å². The normalized spacial score (nSPS) is 11.6. The zero-order valence-electron chi connectivity index (χ0n) is 13.9. The van der Waals surface area contributed by atoms with Crippen molar-refractivity contribution in [1.82, 2.24) is 0 Å². The van der Waals surface area contributed by atoms with Crippen molar-refractivity contribution in [2.75, 3.05) is 12.4 Å². The van der Waals surface area contributed by atoms with Crippen LogP contribution in [-0.4, -0.2) is 19.4 Å². The molecule has 0 saturated heterocycles. The zero-order chi connectivity index (χ0) is 18.3. The summed E-state index contributed by atoms with van der Waals surface area (Å²) >= 11 is 0. The van der Waals surface area contributed by atoms with Crippen molar-refractivity contribution >= 4 is 35.6 Å². The van der Waals surface area contributed by atoms with Crippen LogP contribution in [0.3, 0.4) is 0 Å². The number of aliphatic imine (C=N–C) groups is 1. The number of hydrogen-bond donors (Lipinski definition) is 2. The number of alkyl halides is 3. The highest BCUT2D eigenvalue weighted by molar-refractivity contribution is 14.0. The van der Waals surface area contributed by atoms with E-state index in [0.717, 1.165) is 11.1 Å². The Morgan fingerprint density at radius 2 is 1.77 bits per heavy atom. The Labute approximate surface area is 166 Å². The Balaban J connectivity index is 0.00000338. The van der Waals surface area contributed by atoms with Gasteiger partial charge in [0.1, 0.15) is 5.75 Å². The van der Waals surface area contributed by atoms with Gasteiger partial charge in [0, 0.05) is 12.8 Å². The molecule has 26 heavy (non-hydrogen) atoms. The summed E-state index contributed by atoms with van der Waals surface area (Å²) in [7, 11) is 1.62. The minimum Gasteiger partial charge on any atom is -0.406 e. The van der Waals surface area contributed by atoms with Crippen molar-refractivity contribution in [3.05, 3.63) is 59.7 Å². The molecule has 9 heteroatoms. The van der Waals surface area contributed by atoms with Gasteiger partial charge >= 0.3 is 6.36 Å². The van der Waals surface area contributed by atoms with Crippen LogP contribution >= 0.6 is 24.0 Å². The second-order valence-electron chi connectivity index (χ2n) is 5.15. The van der Waals surface area contributed by atoms with E-state index in [0.29, 0.717) is 18.8 Å². The van der Waals surface area contributed by atoms with Gasteiger partial charge in [0.2, 0.25) is 0 Å². The van der Waals surface area contributed by atoms with Gasteiger partial charge in [0.05, 0.1) is 13.2 Å². The first kappa shape index (κ1) is 22.0. The number of rotatable bonds is 6. The summed E-state index contributed by atoms with van der Waals surface area (Å²) in [5, 5.41) is 2.81. The standard InChI is InChI=1S/C17H18F3N3O2.HI/c1-24-11-13-4-2-3-12(9-13)10-22-16(21)23-14-5-7-15(8-6-14)25-17(18,19)20;/h2-9H,10-11H2,1H3,(H3,21,22,23);1H. The van der Waals surface area contributed by atoms with E-state index in [1.165, 1.54) is 24.3 Å². The average molecular weight is 481 g/mol. The van der Waals surface area contributed by atoms with E-state index in [9.17, 15) is 13.2 Å². The van der Waals surface area contributed by atoms with E-state index < -0.39 is 6.36 Å². The molecule has 0 atom stereocenters. The fourth-order valence-electron chi connectivity index (χ4n) is 2.09. The van der Waals surface area contributed by atoms with E-state index in [1.807, 2.05) is 24.3 Å². The minimum atomic E-state index is -4.72. The zero-order valence-corrected chi connectivity index (χ0v) is 16.2. The first-order valence-electron chi connectivity index (χ1n) is 7.35. The molecule has 0 aliphatic carbocycles. The lowest BCUT2D eigenvalue weighted by Gasteiger charge is -2.10. The summed E-state index contributed by atoms with van der Waals surface area (Å²) in [6.07, 6.45) is -4.72. The predicted octanol–water partition coefficient (Wildman–Crippen LogP) is 4.28. The summed E-state index contributed by atoms with van der Waals surface area (Å²) in [6, 6.07) is 13.0. The molecule has 0 aliphatic heterocycles.